The molecular formula is C36H49NO6S. The topological polar surface area (TPSA) is 130 Å². The fraction of sp³-hybridized carbons (Fsp3) is 0.556. The smallest absolute Gasteiger partial charge is 0.191 e. The maximum absolute atomic E-state index is 13.6. The summed E-state index contributed by atoms with van der Waals surface area (Å²) in [6.45, 7) is 9.35. The zero-order valence-corrected chi connectivity index (χ0v) is 27.5. The van der Waals surface area contributed by atoms with Gasteiger partial charge in [-0.3, -0.25) is 9.59 Å². The van der Waals surface area contributed by atoms with Crippen molar-refractivity contribution in [1.82, 2.24) is 0 Å². The molecule has 5 rings (SSSR count). The maximum Gasteiger partial charge on any atom is 0.191 e. The van der Waals surface area contributed by atoms with Gasteiger partial charge < -0.3 is 25.8 Å². The van der Waals surface area contributed by atoms with Crippen LogP contribution >= 0.6 is 11.3 Å². The number of fused-ring (bicyclic) bond motifs is 3. The normalized spacial score (nSPS) is 34.6. The first-order chi connectivity index (χ1) is 21.0. The number of Topliss-reactive ketones (excluding diaryl/α,β-unsaturated/α-hetero) is 1. The quantitative estimate of drug-likeness (QED) is 0.0864. The van der Waals surface area contributed by atoms with Crippen LogP contribution in [0.1, 0.15) is 89.0 Å². The number of benzene rings is 1. The van der Waals surface area contributed by atoms with E-state index >= 15 is 0 Å². The molecule has 1 heterocycles. The molecule has 3 fully saturated rings. The molecule has 0 saturated heterocycles. The number of nitrogen functional groups attached to an aromatic ring is 1. The Morgan fingerprint density at radius 1 is 1.20 bits per heavy atom. The highest BCUT2D eigenvalue weighted by Gasteiger charge is 2.69. The van der Waals surface area contributed by atoms with Crippen molar-refractivity contribution < 1.29 is 29.6 Å². The Labute approximate surface area is 265 Å². The second-order valence-corrected chi connectivity index (χ2v) is 13.8. The van der Waals surface area contributed by atoms with Crippen molar-refractivity contribution in [3.63, 3.8) is 0 Å². The van der Waals surface area contributed by atoms with E-state index in [0.29, 0.717) is 36.2 Å². The molecule has 0 radical (unpaired) electrons. The number of rotatable bonds is 9. The zero-order valence-electron chi connectivity index (χ0n) is 26.7. The number of aliphatic hydroxyl groups excluding tert-OH is 3. The lowest BCUT2D eigenvalue weighted by Gasteiger charge is -2.60. The number of thiophene rings is 1. The first-order valence-corrected chi connectivity index (χ1v) is 16.8. The van der Waals surface area contributed by atoms with Crippen molar-refractivity contribution in [1.29, 1.82) is 0 Å². The Bertz CT molecular complexity index is 1380. The van der Waals surface area contributed by atoms with Crippen molar-refractivity contribution in [2.24, 2.45) is 28.6 Å². The Balaban J connectivity index is 0.00000216. The van der Waals surface area contributed by atoms with E-state index in [1.54, 1.807) is 6.08 Å². The second-order valence-electron chi connectivity index (χ2n) is 12.8. The molecule has 0 spiro atoms. The molecule has 5 N–H and O–H groups in total. The van der Waals surface area contributed by atoms with E-state index in [4.69, 9.17) is 10.5 Å². The number of aldehydes is 1. The molecule has 3 saturated carbocycles. The minimum absolute atomic E-state index is 0.0402. The number of anilines is 1. The molecule has 8 heteroatoms. The summed E-state index contributed by atoms with van der Waals surface area (Å²) in [5.41, 5.74) is 6.99. The number of nitrogens with two attached hydrogens (primary N) is 1. The molecule has 7 nitrogen and oxygen atoms in total. The molecule has 8 atom stereocenters. The lowest BCUT2D eigenvalue weighted by Crippen LogP contribution is -2.62. The van der Waals surface area contributed by atoms with Crippen molar-refractivity contribution in [2.45, 2.75) is 91.1 Å². The van der Waals surface area contributed by atoms with Gasteiger partial charge in [-0.2, -0.15) is 0 Å². The minimum atomic E-state index is -1.44. The van der Waals surface area contributed by atoms with Gasteiger partial charge in [0.15, 0.2) is 12.1 Å². The van der Waals surface area contributed by atoms with Gasteiger partial charge in [-0.1, -0.05) is 57.6 Å². The van der Waals surface area contributed by atoms with Crippen molar-refractivity contribution >= 4 is 29.1 Å². The Kier molecular flexibility index (Phi) is 10.7. The van der Waals surface area contributed by atoms with Crippen LogP contribution in [0.4, 0.5) is 5.69 Å². The summed E-state index contributed by atoms with van der Waals surface area (Å²) in [5, 5.41) is 35.3. The highest BCUT2D eigenvalue weighted by Crippen LogP contribution is 2.68. The van der Waals surface area contributed by atoms with Crippen LogP contribution < -0.4 is 5.73 Å². The van der Waals surface area contributed by atoms with E-state index in [2.05, 4.69) is 13.0 Å². The van der Waals surface area contributed by atoms with Gasteiger partial charge in [0.25, 0.3) is 0 Å². The summed E-state index contributed by atoms with van der Waals surface area (Å²) < 4.78 is 6.43. The number of aliphatic hydroxyl groups is 3. The van der Waals surface area contributed by atoms with Gasteiger partial charge in [0.1, 0.15) is 18.5 Å². The highest BCUT2D eigenvalue weighted by atomic mass is 32.1. The van der Waals surface area contributed by atoms with E-state index in [9.17, 15) is 24.9 Å². The average Bonchev–Trinajstić information content (AvgIpc) is 3.58. The minimum Gasteiger partial charge on any atom is -0.399 e. The zero-order chi connectivity index (χ0) is 32.3. The summed E-state index contributed by atoms with van der Waals surface area (Å²) in [6.07, 6.45) is 7.96. The molecular weight excluding hydrogens is 574 g/mol. The van der Waals surface area contributed by atoms with Gasteiger partial charge >= 0.3 is 0 Å². The molecule has 2 aromatic rings. The summed E-state index contributed by atoms with van der Waals surface area (Å²) in [7, 11) is 0. The Morgan fingerprint density at radius 3 is 2.61 bits per heavy atom. The number of carbonyl (C=O) groups excluding carboxylic acids is 2. The van der Waals surface area contributed by atoms with E-state index in [1.165, 1.54) is 11.3 Å². The summed E-state index contributed by atoms with van der Waals surface area (Å²) in [4.78, 5) is 25.7. The molecule has 44 heavy (non-hydrogen) atoms. The van der Waals surface area contributed by atoms with Crippen LogP contribution in [-0.2, 0) is 20.7 Å². The van der Waals surface area contributed by atoms with Gasteiger partial charge in [0, 0.05) is 22.4 Å². The largest absolute Gasteiger partial charge is 0.399 e. The number of allylic oxidation sites excluding steroid dienone is 4. The third-order valence-corrected chi connectivity index (χ3v) is 11.7. The van der Waals surface area contributed by atoms with Crippen molar-refractivity contribution in [2.75, 3.05) is 12.3 Å². The van der Waals surface area contributed by atoms with Gasteiger partial charge in [-0.15, -0.1) is 11.3 Å². The van der Waals surface area contributed by atoms with E-state index in [1.807, 2.05) is 69.5 Å². The van der Waals surface area contributed by atoms with Gasteiger partial charge in [-0.25, -0.2) is 0 Å². The third-order valence-electron chi connectivity index (χ3n) is 10.7. The molecule has 0 amide bonds. The molecule has 240 valence electrons. The van der Waals surface area contributed by atoms with E-state index in [-0.39, 0.29) is 17.8 Å². The first-order valence-electron chi connectivity index (χ1n) is 15.9. The van der Waals surface area contributed by atoms with Crippen LogP contribution in [0.5, 0.6) is 0 Å². The number of ether oxygens (including phenoxy) is 1. The molecule has 3 aliphatic carbocycles. The maximum atomic E-state index is 13.6. The fourth-order valence-electron chi connectivity index (χ4n) is 8.95. The average molecular weight is 624 g/mol. The van der Waals surface area contributed by atoms with Gasteiger partial charge in [0.05, 0.1) is 11.0 Å². The number of hydrogen-bond acceptors (Lipinski definition) is 8. The highest BCUT2D eigenvalue weighted by molar-refractivity contribution is 7.10. The first kappa shape index (κ1) is 34.3. The lowest BCUT2D eigenvalue weighted by atomic mass is 9.46. The fourth-order valence-corrected chi connectivity index (χ4v) is 9.77. The van der Waals surface area contributed by atoms with Gasteiger partial charge in [-0.05, 0) is 98.1 Å². The SMILES string of the molecule is C/C=C\C1(C)/C(=C\C=O)CCC2C1C(O)CC1(C)C2CCC1(OC(O)c1cc(Cc2cccc(N)c2)cs1)C(=O)CO.CC. The van der Waals surface area contributed by atoms with Crippen LogP contribution in [0.15, 0.2) is 59.5 Å². The summed E-state index contributed by atoms with van der Waals surface area (Å²) in [5.74, 6) is -0.450. The van der Waals surface area contributed by atoms with E-state index < -0.39 is 41.2 Å². The summed E-state index contributed by atoms with van der Waals surface area (Å²) >= 11 is 1.37. The predicted molar refractivity (Wildman–Crippen MR) is 175 cm³/mol. The Hall–Kier alpha value is -2.62. The van der Waals surface area contributed by atoms with Crippen LogP contribution in [-0.4, -0.2) is 45.7 Å². The van der Waals surface area contributed by atoms with Crippen molar-refractivity contribution in [3.05, 3.63) is 75.5 Å². The van der Waals surface area contributed by atoms with Crippen LogP contribution in [0, 0.1) is 28.6 Å². The lowest BCUT2D eigenvalue weighted by molar-refractivity contribution is -0.242. The van der Waals surface area contributed by atoms with Crippen LogP contribution in [0.3, 0.4) is 0 Å². The molecule has 0 aliphatic heterocycles. The third kappa shape index (κ3) is 5.87. The van der Waals surface area contributed by atoms with Crippen LogP contribution in [0.25, 0.3) is 0 Å². The molecule has 3 aliphatic rings. The molecule has 1 aromatic heterocycles. The predicted octanol–water partition coefficient (Wildman–Crippen LogP) is 6.17. The van der Waals surface area contributed by atoms with Crippen LogP contribution in [0.2, 0.25) is 0 Å². The number of hydrogen-bond donors (Lipinski definition) is 4. The molecule has 8 unspecified atom stereocenters. The standard InChI is InChI=1S/C34H43NO6S.C2H6/c1-4-12-32(2)23(11-14-36)8-9-25-26-10-13-34(29(39)19-37,33(26,3)18-27(38)30(25)32)41-31(40)28-17-22(20-42-28)15-21-6-5-7-24(35)16-21;1-2/h4-7,11-12,14,16-17,20,25-27,30-31,37-38,40H,8-10,13,15,18-19,35H2,1-3H3;1-2H3/b12-4-,23-11-;. The van der Waals surface area contributed by atoms with Gasteiger partial charge in [0.2, 0.25) is 0 Å². The molecule has 0 bridgehead atoms. The summed E-state index contributed by atoms with van der Waals surface area (Å²) in [6, 6.07) is 9.56. The second kappa shape index (κ2) is 13.8. The molecule has 1 aromatic carbocycles. The Morgan fingerprint density at radius 2 is 1.95 bits per heavy atom. The van der Waals surface area contributed by atoms with E-state index in [0.717, 1.165) is 35.8 Å². The number of carbonyl (C=O) groups is 2. The van der Waals surface area contributed by atoms with Crippen molar-refractivity contribution in [3.8, 4) is 0 Å². The monoisotopic (exact) mass is 623 g/mol. The number of ketones is 1.